The average molecular weight is 280 g/mol. The van der Waals surface area contributed by atoms with Gasteiger partial charge in [0.25, 0.3) is 0 Å². The maximum atomic E-state index is 14.0. The molecule has 0 radical (unpaired) electrons. The number of hydrogen-bond donors (Lipinski definition) is 2. The lowest BCUT2D eigenvalue weighted by Crippen LogP contribution is -2.30. The van der Waals surface area contributed by atoms with Crippen LogP contribution < -0.4 is 4.74 Å². The van der Waals surface area contributed by atoms with Gasteiger partial charge in [0.1, 0.15) is 11.6 Å². The Morgan fingerprint density at radius 1 is 1.40 bits per heavy atom. The third kappa shape index (κ3) is 2.82. The summed E-state index contributed by atoms with van der Waals surface area (Å²) in [7, 11) is 1.43. The first-order valence-electron chi connectivity index (χ1n) is 6.44. The van der Waals surface area contributed by atoms with E-state index in [9.17, 15) is 19.4 Å². The number of halogens is 1. The minimum Gasteiger partial charge on any atom is -0.497 e. The summed E-state index contributed by atoms with van der Waals surface area (Å²) in [5.74, 6) is -2.42. The molecule has 0 aliphatic heterocycles. The van der Waals surface area contributed by atoms with Crippen LogP contribution in [0.3, 0.4) is 0 Å². The zero-order valence-corrected chi connectivity index (χ0v) is 11.1. The number of methoxy groups -OCH3 is 1. The van der Waals surface area contributed by atoms with Gasteiger partial charge in [-0.3, -0.25) is 4.79 Å². The highest BCUT2D eigenvalue weighted by Gasteiger charge is 2.35. The van der Waals surface area contributed by atoms with Gasteiger partial charge in [0.2, 0.25) is 0 Å². The van der Waals surface area contributed by atoms with E-state index in [0.29, 0.717) is 18.6 Å². The molecule has 0 aromatic heterocycles. The van der Waals surface area contributed by atoms with Crippen molar-refractivity contribution in [2.45, 2.75) is 18.9 Å². The highest BCUT2D eigenvalue weighted by Crippen LogP contribution is 2.37. The quantitative estimate of drug-likeness (QED) is 0.832. The highest BCUT2D eigenvalue weighted by atomic mass is 19.1. The fourth-order valence-electron chi connectivity index (χ4n) is 2.57. The predicted molar refractivity (Wildman–Crippen MR) is 70.9 cm³/mol. The Balaban J connectivity index is 2.27. The summed E-state index contributed by atoms with van der Waals surface area (Å²) in [6, 6.07) is 4.18. The lowest BCUT2D eigenvalue weighted by atomic mass is 9.77. The minimum absolute atomic E-state index is 0.109. The topological polar surface area (TPSA) is 66.8 Å². The van der Waals surface area contributed by atoms with Crippen LogP contribution >= 0.6 is 0 Å². The number of carbonyl (C=O) groups is 1. The molecule has 2 rings (SSSR count). The fraction of sp³-hybridized carbons (Fsp3) is 0.400. The molecule has 3 atom stereocenters. The van der Waals surface area contributed by atoms with Crippen molar-refractivity contribution in [3.63, 3.8) is 0 Å². The van der Waals surface area contributed by atoms with Crippen LogP contribution in [0, 0.1) is 17.7 Å². The van der Waals surface area contributed by atoms with Crippen molar-refractivity contribution >= 4 is 5.97 Å². The van der Waals surface area contributed by atoms with Crippen LogP contribution in [-0.2, 0) is 4.79 Å². The van der Waals surface area contributed by atoms with Gasteiger partial charge in [-0.1, -0.05) is 12.2 Å². The average Bonchev–Trinajstić information content (AvgIpc) is 2.46. The number of rotatable bonds is 4. The van der Waals surface area contributed by atoms with E-state index in [1.165, 1.54) is 19.2 Å². The molecule has 3 unspecified atom stereocenters. The van der Waals surface area contributed by atoms with Crippen LogP contribution in [0.2, 0.25) is 0 Å². The second-order valence-corrected chi connectivity index (χ2v) is 4.88. The van der Waals surface area contributed by atoms with Gasteiger partial charge in [0, 0.05) is 17.5 Å². The number of hydrogen-bond acceptors (Lipinski definition) is 3. The number of aliphatic hydroxyl groups is 1. The Labute approximate surface area is 116 Å². The first-order chi connectivity index (χ1) is 9.54. The van der Waals surface area contributed by atoms with Crippen molar-refractivity contribution in [2.75, 3.05) is 7.11 Å². The number of carboxylic acids is 1. The van der Waals surface area contributed by atoms with Gasteiger partial charge in [-0.2, -0.15) is 0 Å². The third-order valence-corrected chi connectivity index (χ3v) is 3.73. The maximum absolute atomic E-state index is 14.0. The molecule has 1 aromatic rings. The fourth-order valence-corrected chi connectivity index (χ4v) is 2.57. The summed E-state index contributed by atoms with van der Waals surface area (Å²) in [4.78, 5) is 11.2. The van der Waals surface area contributed by atoms with Gasteiger partial charge in [-0.15, -0.1) is 0 Å². The van der Waals surface area contributed by atoms with Crippen molar-refractivity contribution in [2.24, 2.45) is 11.8 Å². The molecule has 0 saturated heterocycles. The zero-order valence-electron chi connectivity index (χ0n) is 11.1. The molecule has 1 aromatic carbocycles. The molecule has 0 saturated carbocycles. The summed E-state index contributed by atoms with van der Waals surface area (Å²) in [5.41, 5.74) is 0.109. The van der Waals surface area contributed by atoms with Gasteiger partial charge in [-0.05, 0) is 25.0 Å². The Morgan fingerprint density at radius 3 is 2.70 bits per heavy atom. The summed E-state index contributed by atoms with van der Waals surface area (Å²) in [6.45, 7) is 0. The van der Waals surface area contributed by atoms with Crippen LogP contribution in [0.5, 0.6) is 5.75 Å². The maximum Gasteiger partial charge on any atom is 0.307 e. The number of allylic oxidation sites excluding steroid dienone is 2. The van der Waals surface area contributed by atoms with Gasteiger partial charge >= 0.3 is 5.97 Å². The first kappa shape index (κ1) is 14.5. The molecule has 0 amide bonds. The number of aliphatic carboxylic acids is 1. The Hall–Kier alpha value is -1.88. The molecule has 108 valence electrons. The molecule has 0 spiro atoms. The molecule has 0 fully saturated rings. The minimum atomic E-state index is -1.15. The lowest BCUT2D eigenvalue weighted by molar-refractivity contribution is -0.145. The van der Waals surface area contributed by atoms with E-state index in [2.05, 4.69) is 0 Å². The Bertz CT molecular complexity index is 527. The van der Waals surface area contributed by atoms with Gasteiger partial charge in [0.05, 0.1) is 19.1 Å². The number of benzene rings is 1. The third-order valence-electron chi connectivity index (χ3n) is 3.73. The van der Waals surface area contributed by atoms with E-state index in [1.807, 2.05) is 6.08 Å². The number of carboxylic acid groups (broad SMARTS) is 1. The van der Waals surface area contributed by atoms with E-state index >= 15 is 0 Å². The monoisotopic (exact) mass is 280 g/mol. The smallest absolute Gasteiger partial charge is 0.307 e. The number of ether oxygens (including phenoxy) is 1. The van der Waals surface area contributed by atoms with Crippen LogP contribution in [0.25, 0.3) is 0 Å². The van der Waals surface area contributed by atoms with Crippen LogP contribution in [-0.4, -0.2) is 23.3 Å². The summed E-state index contributed by atoms with van der Waals surface area (Å²) in [5, 5.41) is 19.5. The normalized spacial score (nSPS) is 23.4. The molecule has 1 aliphatic rings. The lowest BCUT2D eigenvalue weighted by Gasteiger charge is -2.30. The molecule has 4 nitrogen and oxygen atoms in total. The van der Waals surface area contributed by atoms with Crippen LogP contribution in [0.4, 0.5) is 4.39 Å². The molecule has 0 heterocycles. The first-order valence-corrected chi connectivity index (χ1v) is 6.44. The second-order valence-electron chi connectivity index (χ2n) is 4.88. The molecular weight excluding hydrogens is 263 g/mol. The van der Waals surface area contributed by atoms with Crippen molar-refractivity contribution < 1.29 is 24.1 Å². The van der Waals surface area contributed by atoms with E-state index in [4.69, 9.17) is 4.74 Å². The summed E-state index contributed by atoms with van der Waals surface area (Å²) < 4.78 is 18.9. The predicted octanol–water partition coefficient (Wildman–Crippen LogP) is 2.53. The Morgan fingerprint density at radius 2 is 2.10 bits per heavy atom. The summed E-state index contributed by atoms with van der Waals surface area (Å²) in [6.07, 6.45) is 3.24. The standard InChI is InChI=1S/C15H17FO4/c1-20-9-6-7-12(13(16)8-9)14(17)10-4-2-3-5-11(10)15(18)19/h2-3,6-8,10-11,14,17H,4-5H2,1H3,(H,18,19). The Kier molecular flexibility index (Phi) is 4.39. The molecule has 0 bridgehead atoms. The SMILES string of the molecule is COc1ccc(C(O)C2CC=CCC2C(=O)O)c(F)c1. The van der Waals surface area contributed by atoms with E-state index in [-0.39, 0.29) is 5.56 Å². The van der Waals surface area contributed by atoms with Crippen LogP contribution in [0.1, 0.15) is 24.5 Å². The zero-order chi connectivity index (χ0) is 14.7. The van der Waals surface area contributed by atoms with Crippen molar-refractivity contribution in [1.82, 2.24) is 0 Å². The van der Waals surface area contributed by atoms with E-state index in [0.717, 1.165) is 0 Å². The van der Waals surface area contributed by atoms with Crippen molar-refractivity contribution in [1.29, 1.82) is 0 Å². The largest absolute Gasteiger partial charge is 0.497 e. The van der Waals surface area contributed by atoms with E-state index < -0.39 is 29.7 Å². The van der Waals surface area contributed by atoms with Gasteiger partial charge < -0.3 is 14.9 Å². The van der Waals surface area contributed by atoms with Crippen molar-refractivity contribution in [3.8, 4) is 5.75 Å². The number of aliphatic hydroxyl groups excluding tert-OH is 1. The molecule has 5 heteroatoms. The molecule has 2 N–H and O–H groups in total. The van der Waals surface area contributed by atoms with E-state index in [1.54, 1.807) is 12.1 Å². The molecular formula is C15H17FO4. The van der Waals surface area contributed by atoms with Crippen LogP contribution in [0.15, 0.2) is 30.4 Å². The highest BCUT2D eigenvalue weighted by molar-refractivity contribution is 5.71. The second kappa shape index (κ2) is 6.05. The van der Waals surface area contributed by atoms with Crippen molar-refractivity contribution in [3.05, 3.63) is 41.7 Å². The summed E-state index contributed by atoms with van der Waals surface area (Å²) >= 11 is 0. The van der Waals surface area contributed by atoms with Gasteiger partial charge in [0.15, 0.2) is 0 Å². The van der Waals surface area contributed by atoms with Gasteiger partial charge in [-0.25, -0.2) is 4.39 Å². The molecule has 1 aliphatic carbocycles. The molecule has 20 heavy (non-hydrogen) atoms.